The first-order chi connectivity index (χ1) is 14.1. The number of carboxylic acids is 1. The summed E-state index contributed by atoms with van der Waals surface area (Å²) >= 11 is 0. The van der Waals surface area contributed by atoms with Crippen LogP contribution in [0.1, 0.15) is 85.0 Å². The fraction of sp³-hybridized carbons (Fsp3) is 0.880. The zero-order valence-electron chi connectivity index (χ0n) is 19.0. The van der Waals surface area contributed by atoms with E-state index in [-0.39, 0.29) is 12.8 Å². The third-order valence-electron chi connectivity index (χ3n) is 10.1. The highest BCUT2D eigenvalue weighted by Gasteiger charge is 2.72. The molecule has 1 heterocycles. The van der Waals surface area contributed by atoms with Crippen molar-refractivity contribution < 1.29 is 24.9 Å². The van der Waals surface area contributed by atoms with Gasteiger partial charge in [-0.1, -0.05) is 33.3 Å². The molecule has 1 spiro atoms. The fourth-order valence-electron chi connectivity index (χ4n) is 7.69. The molecule has 4 rings (SSSR count). The molecule has 3 fully saturated rings. The van der Waals surface area contributed by atoms with Crippen LogP contribution in [0.3, 0.4) is 0 Å². The summed E-state index contributed by atoms with van der Waals surface area (Å²) < 4.78 is 5.75. The molecule has 7 atom stereocenters. The van der Waals surface area contributed by atoms with Crippen LogP contribution in [-0.4, -0.2) is 40.3 Å². The van der Waals surface area contributed by atoms with Crippen LogP contribution in [-0.2, 0) is 9.53 Å². The molecule has 1 aliphatic heterocycles. The first-order valence-electron chi connectivity index (χ1n) is 12.0. The molecule has 5 nitrogen and oxygen atoms in total. The van der Waals surface area contributed by atoms with Crippen molar-refractivity contribution in [2.45, 2.75) is 90.8 Å². The molecule has 30 heavy (non-hydrogen) atoms. The van der Waals surface area contributed by atoms with Crippen LogP contribution in [0.2, 0.25) is 0 Å². The lowest BCUT2D eigenvalue weighted by Gasteiger charge is -2.55. The summed E-state index contributed by atoms with van der Waals surface area (Å²) in [5.74, 6) is -1.87. The number of rotatable bonds is 7. The third kappa shape index (κ3) is 3.45. The van der Waals surface area contributed by atoms with E-state index in [1.807, 2.05) is 6.08 Å². The van der Waals surface area contributed by atoms with Gasteiger partial charge in [0.15, 0.2) is 5.79 Å². The van der Waals surface area contributed by atoms with Crippen molar-refractivity contribution in [3.05, 3.63) is 11.6 Å². The summed E-state index contributed by atoms with van der Waals surface area (Å²) in [5, 5.41) is 29.3. The van der Waals surface area contributed by atoms with Crippen LogP contribution >= 0.6 is 0 Å². The van der Waals surface area contributed by atoms with Crippen LogP contribution in [0.25, 0.3) is 0 Å². The lowest BCUT2D eigenvalue weighted by Crippen LogP contribution is -2.47. The largest absolute Gasteiger partial charge is 0.481 e. The number of aliphatic carboxylic acids is 1. The number of hydrogen-bond acceptors (Lipinski definition) is 4. The van der Waals surface area contributed by atoms with Gasteiger partial charge in [-0.15, -0.1) is 0 Å². The Bertz CT molecular complexity index is 718. The van der Waals surface area contributed by atoms with E-state index in [4.69, 9.17) is 9.84 Å². The van der Waals surface area contributed by atoms with Gasteiger partial charge in [0.05, 0.1) is 19.6 Å². The van der Waals surface area contributed by atoms with Crippen molar-refractivity contribution in [1.82, 2.24) is 0 Å². The molecular weight excluding hydrogens is 380 g/mol. The highest BCUT2D eigenvalue weighted by Crippen LogP contribution is 2.80. The number of carbonyl (C=O) groups is 1. The Balaban J connectivity index is 1.42. The summed E-state index contributed by atoms with van der Waals surface area (Å²) in [7, 11) is 0. The molecule has 0 aromatic rings. The molecule has 170 valence electrons. The second-order valence-electron chi connectivity index (χ2n) is 11.5. The molecule has 3 saturated carbocycles. The van der Waals surface area contributed by atoms with Crippen molar-refractivity contribution in [3.8, 4) is 0 Å². The van der Waals surface area contributed by atoms with E-state index < -0.39 is 24.3 Å². The van der Waals surface area contributed by atoms with Gasteiger partial charge < -0.3 is 20.1 Å². The molecule has 0 saturated heterocycles. The lowest BCUT2D eigenvalue weighted by atomic mass is 9.50. The van der Waals surface area contributed by atoms with E-state index >= 15 is 0 Å². The van der Waals surface area contributed by atoms with Gasteiger partial charge in [-0.2, -0.15) is 0 Å². The molecule has 0 bridgehead atoms. The maximum atomic E-state index is 11.0. The number of aliphatic hydroxyl groups is 2. The van der Waals surface area contributed by atoms with Crippen LogP contribution in [0.15, 0.2) is 11.6 Å². The third-order valence-corrected chi connectivity index (χ3v) is 10.1. The zero-order valence-corrected chi connectivity index (χ0v) is 19.0. The Labute approximate surface area is 180 Å². The fourth-order valence-corrected chi connectivity index (χ4v) is 7.69. The first kappa shape index (κ1) is 22.3. The highest BCUT2D eigenvalue weighted by molar-refractivity contribution is 5.67. The Morgan fingerprint density at radius 2 is 2.07 bits per heavy atom. The van der Waals surface area contributed by atoms with Gasteiger partial charge in [0.1, 0.15) is 0 Å². The van der Waals surface area contributed by atoms with Gasteiger partial charge in [0.25, 0.3) is 0 Å². The Morgan fingerprint density at radius 3 is 2.70 bits per heavy atom. The van der Waals surface area contributed by atoms with E-state index in [1.54, 1.807) is 0 Å². The normalized spacial score (nSPS) is 46.4. The quantitative estimate of drug-likeness (QED) is 0.527. The Hall–Kier alpha value is -0.910. The average Bonchev–Trinajstić information content (AvgIpc) is 3.34. The minimum atomic E-state index is -1.58. The molecule has 0 aromatic heterocycles. The van der Waals surface area contributed by atoms with Crippen LogP contribution in [0, 0.1) is 34.0 Å². The maximum absolute atomic E-state index is 11.0. The van der Waals surface area contributed by atoms with Crippen molar-refractivity contribution in [1.29, 1.82) is 0 Å². The first-order valence-corrected chi connectivity index (χ1v) is 12.0. The van der Waals surface area contributed by atoms with Crippen LogP contribution in [0.4, 0.5) is 0 Å². The zero-order chi connectivity index (χ0) is 21.8. The van der Waals surface area contributed by atoms with E-state index in [9.17, 15) is 15.0 Å². The Kier molecular flexibility index (Phi) is 5.64. The van der Waals surface area contributed by atoms with Gasteiger partial charge in [0, 0.05) is 12.3 Å². The number of hydrogen-bond donors (Lipinski definition) is 3. The molecule has 5 heteroatoms. The number of aliphatic hydroxyl groups excluding tert-OH is 1. The SMILES string of the molecule is C[C@H]1CC[C@@]23C[C@]2(C)CCC[C@@H]3[C@@]1(C)CCC1=CC[C@@](O)([C@H](CO)CC(=O)O)OC1. The summed E-state index contributed by atoms with van der Waals surface area (Å²) in [6.07, 6.45) is 12.4. The topological polar surface area (TPSA) is 87.0 Å². The van der Waals surface area contributed by atoms with Crippen molar-refractivity contribution in [2.75, 3.05) is 13.2 Å². The van der Waals surface area contributed by atoms with Crippen molar-refractivity contribution >= 4 is 5.97 Å². The number of carboxylic acid groups (broad SMARTS) is 1. The summed E-state index contributed by atoms with van der Waals surface area (Å²) in [5.41, 5.74) is 2.73. The molecule has 0 radical (unpaired) electrons. The Morgan fingerprint density at radius 1 is 1.30 bits per heavy atom. The summed E-state index contributed by atoms with van der Waals surface area (Å²) in [4.78, 5) is 11.0. The standard InChI is InChI=1S/C25H40O5/c1-17-6-11-24-16-22(24,2)9-4-5-20(24)23(17,3)10-7-18-8-12-25(29,30-15-18)19(14-26)13-21(27)28/h8,17,19-20,26,29H,4-7,9-16H2,1-3H3,(H,27,28)/t17-,19-,20+,22-,23-,24-,25-/m0/s1. The molecule has 0 aromatic carbocycles. The maximum Gasteiger partial charge on any atom is 0.303 e. The molecular formula is C25H40O5. The minimum Gasteiger partial charge on any atom is -0.481 e. The van der Waals surface area contributed by atoms with Crippen LogP contribution < -0.4 is 0 Å². The lowest BCUT2D eigenvalue weighted by molar-refractivity contribution is -0.243. The molecule has 0 amide bonds. The van der Waals surface area contributed by atoms with Gasteiger partial charge in [-0.25, -0.2) is 0 Å². The summed E-state index contributed by atoms with van der Waals surface area (Å²) in [6.45, 7) is 7.43. The van der Waals surface area contributed by atoms with E-state index in [0.717, 1.165) is 24.7 Å². The van der Waals surface area contributed by atoms with Gasteiger partial charge in [0.2, 0.25) is 0 Å². The summed E-state index contributed by atoms with van der Waals surface area (Å²) in [6, 6.07) is 0. The molecule has 4 aliphatic rings. The van der Waals surface area contributed by atoms with Crippen molar-refractivity contribution in [2.24, 2.45) is 34.0 Å². The average molecular weight is 421 g/mol. The predicted molar refractivity (Wildman–Crippen MR) is 115 cm³/mol. The van der Waals surface area contributed by atoms with Gasteiger partial charge in [-0.3, -0.25) is 4.79 Å². The predicted octanol–water partition coefficient (Wildman–Crippen LogP) is 4.52. The van der Waals surface area contributed by atoms with Gasteiger partial charge >= 0.3 is 5.97 Å². The number of ether oxygens (including phenoxy) is 1. The second kappa shape index (κ2) is 7.60. The van der Waals surface area contributed by atoms with E-state index in [2.05, 4.69) is 20.8 Å². The molecule has 3 aliphatic carbocycles. The van der Waals surface area contributed by atoms with Crippen molar-refractivity contribution in [3.63, 3.8) is 0 Å². The highest BCUT2D eigenvalue weighted by atomic mass is 16.6. The van der Waals surface area contributed by atoms with E-state index in [1.165, 1.54) is 44.1 Å². The van der Waals surface area contributed by atoms with E-state index in [0.29, 0.717) is 22.9 Å². The van der Waals surface area contributed by atoms with Crippen LogP contribution in [0.5, 0.6) is 0 Å². The minimum absolute atomic E-state index is 0.249. The molecule has 3 N–H and O–H groups in total. The van der Waals surface area contributed by atoms with Gasteiger partial charge in [-0.05, 0) is 78.6 Å². The monoisotopic (exact) mass is 420 g/mol. The smallest absolute Gasteiger partial charge is 0.303 e. The second-order valence-corrected chi connectivity index (χ2v) is 11.5. The molecule has 0 unspecified atom stereocenters.